The number of benzene rings is 1. The van der Waals surface area contributed by atoms with Crippen LogP contribution in [0.15, 0.2) is 28.4 Å². The number of halogens is 1. The number of amides is 1. The van der Waals surface area contributed by atoms with Gasteiger partial charge in [-0.25, -0.2) is 4.79 Å². The van der Waals surface area contributed by atoms with Crippen LogP contribution in [0.25, 0.3) is 0 Å². The maximum Gasteiger partial charge on any atom is 0.335 e. The van der Waals surface area contributed by atoms with Crippen molar-refractivity contribution >= 4 is 63.6 Å². The van der Waals surface area contributed by atoms with Gasteiger partial charge in [-0.3, -0.25) is 9.59 Å². The minimum Gasteiger partial charge on any atom is -0.481 e. The summed E-state index contributed by atoms with van der Waals surface area (Å²) in [5.41, 5.74) is 0.686. The fourth-order valence-corrected chi connectivity index (χ4v) is 3.31. The van der Waals surface area contributed by atoms with Crippen LogP contribution in [0, 0.1) is 3.57 Å². The molecule has 1 saturated heterocycles. The lowest BCUT2D eigenvalue weighted by Gasteiger charge is -1.98. The lowest BCUT2D eigenvalue weighted by Crippen LogP contribution is -2.26. The molecule has 1 unspecified atom stereocenters. The van der Waals surface area contributed by atoms with Crippen molar-refractivity contribution in [2.75, 3.05) is 0 Å². The highest BCUT2D eigenvalue weighted by Gasteiger charge is 2.32. The molecule has 0 spiro atoms. The number of thioether (sulfide) groups is 1. The van der Waals surface area contributed by atoms with Crippen LogP contribution >= 0.6 is 34.4 Å². The molecule has 0 bridgehead atoms. The molecule has 1 aliphatic rings. The molecule has 1 atom stereocenters. The summed E-state index contributed by atoms with van der Waals surface area (Å²) < 4.78 is 0.738. The summed E-state index contributed by atoms with van der Waals surface area (Å²) in [7, 11) is 0. The van der Waals surface area contributed by atoms with Crippen LogP contribution < -0.4 is 5.32 Å². The van der Waals surface area contributed by atoms with Gasteiger partial charge in [0.05, 0.1) is 18.2 Å². The molecule has 0 radical (unpaired) electrons. The second-order valence-corrected chi connectivity index (χ2v) is 6.86. The summed E-state index contributed by atoms with van der Waals surface area (Å²) in [6.07, 6.45) is 1.07. The fraction of sp³-hybridized carbons (Fsp3) is 0.154. The summed E-state index contributed by atoms with van der Waals surface area (Å²) in [6, 6.07) is 4.70. The van der Waals surface area contributed by atoms with Crippen molar-refractivity contribution in [1.29, 1.82) is 0 Å². The Kier molecular flexibility index (Phi) is 5.71. The van der Waals surface area contributed by atoms with Crippen molar-refractivity contribution in [3.8, 4) is 0 Å². The van der Waals surface area contributed by atoms with Gasteiger partial charge >= 0.3 is 11.9 Å². The number of carboxylic acid groups (broad SMARTS) is 2. The number of nitrogens with zero attached hydrogens (tertiary/aromatic N) is 2. The van der Waals surface area contributed by atoms with Crippen molar-refractivity contribution in [2.24, 2.45) is 10.2 Å². The molecule has 10 heteroatoms. The second-order valence-electron chi connectivity index (χ2n) is 4.42. The zero-order valence-electron chi connectivity index (χ0n) is 11.4. The first-order valence-corrected chi connectivity index (χ1v) is 8.15. The summed E-state index contributed by atoms with van der Waals surface area (Å²) in [4.78, 5) is 33.1. The van der Waals surface area contributed by atoms with Crippen molar-refractivity contribution < 1.29 is 24.6 Å². The number of carbonyl (C=O) groups is 3. The van der Waals surface area contributed by atoms with E-state index in [0.29, 0.717) is 5.56 Å². The Balaban J connectivity index is 2.08. The van der Waals surface area contributed by atoms with E-state index < -0.39 is 23.1 Å². The Bertz CT molecular complexity index is 734. The normalized spacial score (nSPS) is 19.3. The molecular formula is C13H10IN3O5S. The van der Waals surface area contributed by atoms with Gasteiger partial charge in [-0.1, -0.05) is 11.8 Å². The van der Waals surface area contributed by atoms with Gasteiger partial charge in [0.1, 0.15) is 5.25 Å². The van der Waals surface area contributed by atoms with Gasteiger partial charge in [0.2, 0.25) is 5.91 Å². The Morgan fingerprint density at radius 1 is 1.35 bits per heavy atom. The molecule has 2 rings (SSSR count). The Hall–Kier alpha value is -1.95. The van der Waals surface area contributed by atoms with Gasteiger partial charge < -0.3 is 15.5 Å². The van der Waals surface area contributed by atoms with Crippen molar-refractivity contribution in [3.63, 3.8) is 0 Å². The van der Waals surface area contributed by atoms with Crippen LogP contribution in [0.3, 0.4) is 0 Å². The fourth-order valence-electron chi connectivity index (χ4n) is 1.70. The van der Waals surface area contributed by atoms with Crippen molar-refractivity contribution in [2.45, 2.75) is 11.7 Å². The number of hydrogen-bond acceptors (Lipinski definition) is 6. The minimum absolute atomic E-state index is 0.135. The number of carboxylic acids is 2. The molecule has 1 aromatic rings. The van der Waals surface area contributed by atoms with E-state index in [0.717, 1.165) is 15.3 Å². The third-order valence-electron chi connectivity index (χ3n) is 2.66. The lowest BCUT2D eigenvalue weighted by molar-refractivity contribution is -0.138. The van der Waals surface area contributed by atoms with E-state index in [2.05, 4.69) is 15.5 Å². The zero-order chi connectivity index (χ0) is 17.0. The van der Waals surface area contributed by atoms with Gasteiger partial charge in [-0.15, -0.1) is 5.10 Å². The maximum absolute atomic E-state index is 11.5. The van der Waals surface area contributed by atoms with Crippen LogP contribution in [-0.4, -0.2) is 44.7 Å². The van der Waals surface area contributed by atoms with E-state index in [4.69, 9.17) is 10.2 Å². The third-order valence-corrected chi connectivity index (χ3v) is 4.35. The molecule has 3 N–H and O–H groups in total. The molecule has 1 aliphatic heterocycles. The zero-order valence-corrected chi connectivity index (χ0v) is 14.4. The van der Waals surface area contributed by atoms with E-state index in [9.17, 15) is 14.4 Å². The van der Waals surface area contributed by atoms with Crippen LogP contribution in [0.1, 0.15) is 22.3 Å². The standard InChI is InChI=1S/C13H10IN3O5S/c14-8-2-6(1-7(3-8)12(21)22)5-15-17-13-16-11(20)9(23-13)4-10(18)19/h1-3,5,9H,4H2,(H,18,19)(H,21,22)(H,16,17,20). The van der Waals surface area contributed by atoms with E-state index in [1.165, 1.54) is 18.3 Å². The first kappa shape index (κ1) is 17.4. The summed E-state index contributed by atoms with van der Waals surface area (Å²) >= 11 is 2.99. The molecule has 0 aliphatic carbocycles. The molecule has 0 saturated carbocycles. The first-order valence-electron chi connectivity index (χ1n) is 6.19. The lowest BCUT2D eigenvalue weighted by atomic mass is 10.1. The molecule has 1 heterocycles. The Morgan fingerprint density at radius 2 is 2.09 bits per heavy atom. The van der Waals surface area contributed by atoms with Gasteiger partial charge in [0.25, 0.3) is 0 Å². The topological polar surface area (TPSA) is 128 Å². The number of aliphatic carboxylic acids is 1. The predicted octanol–water partition coefficient (Wildman–Crippen LogP) is 1.39. The molecule has 1 aromatic carbocycles. The smallest absolute Gasteiger partial charge is 0.335 e. The summed E-state index contributed by atoms with van der Waals surface area (Å²) in [6.45, 7) is 0. The highest BCUT2D eigenvalue weighted by molar-refractivity contribution is 14.1. The van der Waals surface area contributed by atoms with E-state index >= 15 is 0 Å². The van der Waals surface area contributed by atoms with E-state index in [-0.39, 0.29) is 17.2 Å². The minimum atomic E-state index is -1.07. The highest BCUT2D eigenvalue weighted by atomic mass is 127. The second kappa shape index (κ2) is 7.55. The third kappa shape index (κ3) is 5.03. The number of rotatable bonds is 5. The molecule has 1 fully saturated rings. The molecule has 120 valence electrons. The van der Waals surface area contributed by atoms with Crippen LogP contribution in [-0.2, 0) is 9.59 Å². The van der Waals surface area contributed by atoms with Crippen LogP contribution in [0.5, 0.6) is 0 Å². The van der Waals surface area contributed by atoms with Crippen LogP contribution in [0.2, 0.25) is 0 Å². The number of hydrogen-bond donors (Lipinski definition) is 3. The van der Waals surface area contributed by atoms with Crippen molar-refractivity contribution in [1.82, 2.24) is 5.32 Å². The largest absolute Gasteiger partial charge is 0.481 e. The van der Waals surface area contributed by atoms with Gasteiger partial charge in [0, 0.05) is 3.57 Å². The monoisotopic (exact) mass is 447 g/mol. The number of amidine groups is 1. The maximum atomic E-state index is 11.5. The van der Waals surface area contributed by atoms with E-state index in [1.54, 1.807) is 6.07 Å². The van der Waals surface area contributed by atoms with Gasteiger partial charge in [0.15, 0.2) is 5.17 Å². The van der Waals surface area contributed by atoms with Crippen molar-refractivity contribution in [3.05, 3.63) is 32.9 Å². The number of aromatic carboxylic acids is 1. The molecular weight excluding hydrogens is 437 g/mol. The highest BCUT2D eigenvalue weighted by Crippen LogP contribution is 2.22. The molecule has 0 aromatic heterocycles. The Labute approximate surface area is 148 Å². The Morgan fingerprint density at radius 3 is 2.74 bits per heavy atom. The predicted molar refractivity (Wildman–Crippen MR) is 92.9 cm³/mol. The average molecular weight is 447 g/mol. The number of nitrogens with one attached hydrogen (secondary N) is 1. The van der Waals surface area contributed by atoms with Gasteiger partial charge in [-0.2, -0.15) is 5.10 Å². The average Bonchev–Trinajstić information content (AvgIpc) is 2.77. The molecule has 23 heavy (non-hydrogen) atoms. The van der Waals surface area contributed by atoms with E-state index in [1.807, 2.05) is 22.6 Å². The van der Waals surface area contributed by atoms with Crippen LogP contribution in [0.4, 0.5) is 0 Å². The summed E-state index contributed by atoms with van der Waals surface area (Å²) in [5, 5.41) is 27.2. The quantitative estimate of drug-likeness (QED) is 0.356. The summed E-state index contributed by atoms with van der Waals surface area (Å²) in [5.74, 6) is -2.53. The number of carbonyl (C=O) groups excluding carboxylic acids is 1. The van der Waals surface area contributed by atoms with Gasteiger partial charge in [-0.05, 0) is 46.4 Å². The molecule has 1 amide bonds. The SMILES string of the molecule is O=C(O)CC1SC(=NN=Cc2cc(I)cc(C(=O)O)c2)NC1=O. The first-order chi connectivity index (χ1) is 10.8. The molecule has 8 nitrogen and oxygen atoms in total.